The number of ether oxygens (including phenoxy) is 1. The number of nitrogens with two attached hydrogens (primary N) is 1. The zero-order valence-corrected chi connectivity index (χ0v) is 10.3. The highest BCUT2D eigenvalue weighted by atomic mass is 32.2. The van der Waals surface area contributed by atoms with Crippen molar-refractivity contribution in [3.05, 3.63) is 24.0 Å². The topological polar surface area (TPSA) is 81.4 Å². The van der Waals surface area contributed by atoms with Crippen LogP contribution in [0.1, 0.15) is 6.92 Å². The van der Waals surface area contributed by atoms with Gasteiger partial charge in [0.15, 0.2) is 11.6 Å². The van der Waals surface area contributed by atoms with Gasteiger partial charge in [0.2, 0.25) is 10.0 Å². The summed E-state index contributed by atoms with van der Waals surface area (Å²) in [4.78, 5) is 0. The summed E-state index contributed by atoms with van der Waals surface area (Å²) in [6.45, 7) is 2.08. The highest BCUT2D eigenvalue weighted by Crippen LogP contribution is 2.21. The standard InChI is InChI=1S/C10H15FN2O3S/c1-2-16-10-4-3-8(7-9(10)11)13-17(14,15)6-5-12/h3-4,7,13H,2,5-6,12H2,1H3. The lowest BCUT2D eigenvalue weighted by molar-refractivity contribution is 0.321. The molecule has 0 unspecified atom stereocenters. The van der Waals surface area contributed by atoms with Gasteiger partial charge in [-0.25, -0.2) is 12.8 Å². The molecule has 1 aromatic rings. The Labute approximate surface area is 99.8 Å². The second-order valence-corrected chi connectivity index (χ2v) is 5.13. The van der Waals surface area contributed by atoms with Crippen LogP contribution in [0.3, 0.4) is 0 Å². The van der Waals surface area contributed by atoms with E-state index in [4.69, 9.17) is 10.5 Å². The van der Waals surface area contributed by atoms with Gasteiger partial charge in [0.1, 0.15) is 0 Å². The number of hydrogen-bond acceptors (Lipinski definition) is 4. The first kappa shape index (κ1) is 13.7. The maximum Gasteiger partial charge on any atom is 0.233 e. The number of hydrogen-bond donors (Lipinski definition) is 2. The molecule has 7 heteroatoms. The van der Waals surface area contributed by atoms with Crippen LogP contribution in [0.5, 0.6) is 5.75 Å². The van der Waals surface area contributed by atoms with Crippen molar-refractivity contribution < 1.29 is 17.5 Å². The molecule has 0 aromatic heterocycles. The molecule has 3 N–H and O–H groups in total. The highest BCUT2D eigenvalue weighted by molar-refractivity contribution is 7.92. The second-order valence-electron chi connectivity index (χ2n) is 3.29. The summed E-state index contributed by atoms with van der Waals surface area (Å²) in [7, 11) is -3.51. The lowest BCUT2D eigenvalue weighted by Gasteiger charge is -2.09. The normalized spacial score (nSPS) is 11.2. The Hall–Kier alpha value is -1.34. The molecule has 0 heterocycles. The summed E-state index contributed by atoms with van der Waals surface area (Å²) in [6.07, 6.45) is 0. The SMILES string of the molecule is CCOc1ccc(NS(=O)(=O)CCN)cc1F. The van der Waals surface area contributed by atoms with Crippen LogP contribution < -0.4 is 15.2 Å². The van der Waals surface area contributed by atoms with Crippen molar-refractivity contribution in [1.82, 2.24) is 0 Å². The lowest BCUT2D eigenvalue weighted by atomic mass is 10.3. The molecular weight excluding hydrogens is 247 g/mol. The average molecular weight is 262 g/mol. The van der Waals surface area contributed by atoms with Gasteiger partial charge in [0, 0.05) is 12.6 Å². The van der Waals surface area contributed by atoms with E-state index in [0.29, 0.717) is 6.61 Å². The number of benzene rings is 1. The number of anilines is 1. The molecule has 1 rings (SSSR count). The molecule has 0 aliphatic heterocycles. The Morgan fingerprint density at radius 3 is 2.71 bits per heavy atom. The minimum atomic E-state index is -3.51. The zero-order chi connectivity index (χ0) is 12.9. The van der Waals surface area contributed by atoms with Crippen molar-refractivity contribution in [3.63, 3.8) is 0 Å². The predicted molar refractivity (Wildman–Crippen MR) is 64.0 cm³/mol. The van der Waals surface area contributed by atoms with E-state index < -0.39 is 15.8 Å². The van der Waals surface area contributed by atoms with Gasteiger partial charge < -0.3 is 10.5 Å². The molecule has 0 fully saturated rings. The molecule has 0 saturated carbocycles. The maximum absolute atomic E-state index is 13.4. The molecule has 0 spiro atoms. The van der Waals surface area contributed by atoms with E-state index in [2.05, 4.69) is 4.72 Å². The molecule has 0 aliphatic carbocycles. The molecule has 5 nitrogen and oxygen atoms in total. The first-order valence-corrected chi connectivity index (χ1v) is 6.76. The molecule has 0 amide bonds. The molecular formula is C10H15FN2O3S. The Bertz CT molecular complexity index is 476. The zero-order valence-electron chi connectivity index (χ0n) is 9.44. The van der Waals surface area contributed by atoms with Crippen LogP contribution >= 0.6 is 0 Å². The monoisotopic (exact) mass is 262 g/mol. The third kappa shape index (κ3) is 4.20. The Balaban J connectivity index is 2.84. The molecule has 96 valence electrons. The van der Waals surface area contributed by atoms with Crippen LogP contribution in [0.25, 0.3) is 0 Å². The fraction of sp³-hybridized carbons (Fsp3) is 0.400. The van der Waals surface area contributed by atoms with E-state index in [-0.39, 0.29) is 23.7 Å². The van der Waals surface area contributed by atoms with Crippen LogP contribution in [0, 0.1) is 5.82 Å². The molecule has 0 aliphatic rings. The van der Waals surface area contributed by atoms with Gasteiger partial charge >= 0.3 is 0 Å². The number of nitrogens with one attached hydrogen (secondary N) is 1. The van der Waals surface area contributed by atoms with E-state index in [1.54, 1.807) is 6.92 Å². The fourth-order valence-corrected chi connectivity index (χ4v) is 2.12. The molecule has 0 atom stereocenters. The quantitative estimate of drug-likeness (QED) is 0.799. The van der Waals surface area contributed by atoms with Crippen LogP contribution in [0.4, 0.5) is 10.1 Å². The third-order valence-corrected chi connectivity index (χ3v) is 3.21. The largest absolute Gasteiger partial charge is 0.491 e. The highest BCUT2D eigenvalue weighted by Gasteiger charge is 2.11. The molecule has 17 heavy (non-hydrogen) atoms. The Kier molecular flexibility index (Phi) is 4.71. The van der Waals surface area contributed by atoms with E-state index >= 15 is 0 Å². The van der Waals surface area contributed by atoms with Crippen LogP contribution in [0.15, 0.2) is 18.2 Å². The van der Waals surface area contributed by atoms with Gasteiger partial charge in [0.25, 0.3) is 0 Å². The van der Waals surface area contributed by atoms with E-state index in [0.717, 1.165) is 6.07 Å². The number of rotatable bonds is 6. The van der Waals surface area contributed by atoms with Crippen molar-refractivity contribution in [1.29, 1.82) is 0 Å². The number of halogens is 1. The summed E-state index contributed by atoms with van der Waals surface area (Å²) in [5, 5.41) is 0. The first-order valence-electron chi connectivity index (χ1n) is 5.11. The van der Waals surface area contributed by atoms with Crippen LogP contribution in [-0.2, 0) is 10.0 Å². The summed E-state index contributed by atoms with van der Waals surface area (Å²) >= 11 is 0. The van der Waals surface area contributed by atoms with Gasteiger partial charge in [-0.3, -0.25) is 4.72 Å². The second kappa shape index (κ2) is 5.83. The van der Waals surface area contributed by atoms with Crippen LogP contribution in [0.2, 0.25) is 0 Å². The van der Waals surface area contributed by atoms with Gasteiger partial charge in [-0.1, -0.05) is 0 Å². The molecule has 1 aromatic carbocycles. The molecule has 0 radical (unpaired) electrons. The van der Waals surface area contributed by atoms with Crippen molar-refractivity contribution in [2.45, 2.75) is 6.92 Å². The van der Waals surface area contributed by atoms with Gasteiger partial charge in [-0.05, 0) is 19.1 Å². The van der Waals surface area contributed by atoms with Crippen molar-refractivity contribution in [2.75, 3.05) is 23.6 Å². The van der Waals surface area contributed by atoms with E-state index in [1.165, 1.54) is 12.1 Å². The summed E-state index contributed by atoms with van der Waals surface area (Å²) < 4.78 is 43.4. The van der Waals surface area contributed by atoms with Gasteiger partial charge in [0.05, 0.1) is 18.0 Å². The van der Waals surface area contributed by atoms with Crippen LogP contribution in [-0.4, -0.2) is 27.3 Å². The summed E-state index contributed by atoms with van der Waals surface area (Å²) in [5.74, 6) is -0.726. The lowest BCUT2D eigenvalue weighted by Crippen LogP contribution is -2.22. The summed E-state index contributed by atoms with van der Waals surface area (Å²) in [6, 6.07) is 3.88. The average Bonchev–Trinajstić information content (AvgIpc) is 2.21. The fourth-order valence-electron chi connectivity index (χ4n) is 1.22. The number of sulfonamides is 1. The van der Waals surface area contributed by atoms with Crippen molar-refractivity contribution >= 4 is 15.7 Å². The first-order chi connectivity index (χ1) is 7.98. The van der Waals surface area contributed by atoms with Crippen molar-refractivity contribution in [3.8, 4) is 5.75 Å². The minimum absolute atomic E-state index is 0.00877. The Morgan fingerprint density at radius 1 is 1.47 bits per heavy atom. The Morgan fingerprint density at radius 2 is 2.18 bits per heavy atom. The molecule has 0 bridgehead atoms. The van der Waals surface area contributed by atoms with Gasteiger partial charge in [-0.2, -0.15) is 0 Å². The van der Waals surface area contributed by atoms with E-state index in [1.807, 2.05) is 0 Å². The maximum atomic E-state index is 13.4. The summed E-state index contributed by atoms with van der Waals surface area (Å²) in [5.41, 5.74) is 5.30. The molecule has 0 saturated heterocycles. The smallest absolute Gasteiger partial charge is 0.233 e. The van der Waals surface area contributed by atoms with E-state index in [9.17, 15) is 12.8 Å². The van der Waals surface area contributed by atoms with Crippen molar-refractivity contribution in [2.24, 2.45) is 5.73 Å². The third-order valence-electron chi connectivity index (χ3n) is 1.89. The predicted octanol–water partition coefficient (Wildman–Crippen LogP) is 0.925. The van der Waals surface area contributed by atoms with Gasteiger partial charge in [-0.15, -0.1) is 0 Å². The minimum Gasteiger partial charge on any atom is -0.491 e.